The first-order valence-electron chi connectivity index (χ1n) is 6.09. The number of carboxylic acid groups (broad SMARTS) is 1. The normalized spacial score (nSPS) is 22.6. The number of nitrogens with one attached hydrogen (secondary N) is 1. The van der Waals surface area contributed by atoms with Crippen molar-refractivity contribution in [2.45, 2.75) is 31.6 Å². The highest BCUT2D eigenvalue weighted by Gasteiger charge is 2.29. The molecule has 1 heterocycles. The van der Waals surface area contributed by atoms with E-state index in [2.05, 4.69) is 21.2 Å². The van der Waals surface area contributed by atoms with Crippen molar-refractivity contribution in [1.29, 1.82) is 0 Å². The number of halogens is 2. The van der Waals surface area contributed by atoms with Crippen LogP contribution in [0.5, 0.6) is 0 Å². The van der Waals surface area contributed by atoms with Gasteiger partial charge in [-0.25, -0.2) is 9.18 Å². The molecule has 4 nitrogen and oxygen atoms in total. The van der Waals surface area contributed by atoms with Crippen LogP contribution in [-0.2, 0) is 16.1 Å². The van der Waals surface area contributed by atoms with Gasteiger partial charge in [0.2, 0.25) is 0 Å². The Morgan fingerprint density at radius 1 is 1.53 bits per heavy atom. The molecule has 0 radical (unpaired) electrons. The van der Waals surface area contributed by atoms with E-state index < -0.39 is 12.1 Å². The van der Waals surface area contributed by atoms with Gasteiger partial charge in [-0.2, -0.15) is 0 Å². The maximum absolute atomic E-state index is 13.5. The smallest absolute Gasteiger partial charge is 0.332 e. The van der Waals surface area contributed by atoms with E-state index in [1.165, 1.54) is 6.07 Å². The van der Waals surface area contributed by atoms with Crippen LogP contribution in [0.3, 0.4) is 0 Å². The number of rotatable bonds is 5. The van der Waals surface area contributed by atoms with Crippen LogP contribution < -0.4 is 5.32 Å². The fourth-order valence-electron chi connectivity index (χ4n) is 2.08. The van der Waals surface area contributed by atoms with E-state index >= 15 is 0 Å². The summed E-state index contributed by atoms with van der Waals surface area (Å²) in [6.07, 6.45) is 0.434. The Morgan fingerprint density at radius 2 is 2.32 bits per heavy atom. The number of hydrogen-bond donors (Lipinski definition) is 2. The lowest BCUT2D eigenvalue weighted by Gasteiger charge is -2.12. The van der Waals surface area contributed by atoms with Gasteiger partial charge in [-0.1, -0.05) is 15.9 Å². The highest BCUT2D eigenvalue weighted by molar-refractivity contribution is 9.10. The van der Waals surface area contributed by atoms with E-state index in [0.717, 1.165) is 4.47 Å². The molecule has 0 saturated carbocycles. The van der Waals surface area contributed by atoms with Gasteiger partial charge in [-0.05, 0) is 31.0 Å². The number of benzene rings is 1. The summed E-state index contributed by atoms with van der Waals surface area (Å²) in [5.41, 5.74) is 0.571. The fourth-order valence-corrected chi connectivity index (χ4v) is 2.49. The van der Waals surface area contributed by atoms with Gasteiger partial charge in [0.1, 0.15) is 5.82 Å². The Kier molecular flexibility index (Phi) is 4.90. The van der Waals surface area contributed by atoms with Crippen molar-refractivity contribution >= 4 is 21.9 Å². The van der Waals surface area contributed by atoms with Crippen LogP contribution in [0.4, 0.5) is 4.39 Å². The van der Waals surface area contributed by atoms with Gasteiger partial charge in [-0.15, -0.1) is 0 Å². The number of ether oxygens (including phenoxy) is 1. The number of aliphatic carboxylic acids is 1. The standard InChI is InChI=1S/C13H15BrFNO3/c14-9-1-3-11(15)8(5-9)6-16-7-10-2-4-12(19-10)13(17)18/h1,3,5,10,12,16H,2,4,6-7H2,(H,17,18). The predicted octanol–water partition coefficient (Wildman–Crippen LogP) is 2.31. The second-order valence-electron chi connectivity index (χ2n) is 4.53. The Labute approximate surface area is 119 Å². The summed E-state index contributed by atoms with van der Waals surface area (Å²) < 4.78 is 19.6. The third kappa shape index (κ3) is 3.99. The maximum Gasteiger partial charge on any atom is 0.332 e. The Morgan fingerprint density at radius 3 is 3.00 bits per heavy atom. The van der Waals surface area contributed by atoms with Crippen LogP contribution in [0.25, 0.3) is 0 Å². The first-order valence-corrected chi connectivity index (χ1v) is 6.88. The molecule has 19 heavy (non-hydrogen) atoms. The monoisotopic (exact) mass is 331 g/mol. The molecule has 2 unspecified atom stereocenters. The second-order valence-corrected chi connectivity index (χ2v) is 5.44. The Bertz CT molecular complexity index is 469. The molecule has 0 aliphatic carbocycles. The zero-order valence-electron chi connectivity index (χ0n) is 10.2. The van der Waals surface area contributed by atoms with Crippen LogP contribution in [-0.4, -0.2) is 29.8 Å². The molecule has 1 aromatic rings. The van der Waals surface area contributed by atoms with Crippen molar-refractivity contribution in [3.8, 4) is 0 Å². The average molecular weight is 332 g/mol. The van der Waals surface area contributed by atoms with Crippen molar-refractivity contribution in [2.75, 3.05) is 6.54 Å². The van der Waals surface area contributed by atoms with Crippen LogP contribution in [0.1, 0.15) is 18.4 Å². The molecule has 2 rings (SSSR count). The molecule has 6 heteroatoms. The van der Waals surface area contributed by atoms with Gasteiger partial charge < -0.3 is 15.2 Å². The maximum atomic E-state index is 13.5. The summed E-state index contributed by atoms with van der Waals surface area (Å²) in [4.78, 5) is 10.7. The van der Waals surface area contributed by atoms with Gasteiger partial charge in [0.25, 0.3) is 0 Å². The molecular formula is C13H15BrFNO3. The summed E-state index contributed by atoms with van der Waals surface area (Å²) in [6.45, 7) is 0.915. The van der Waals surface area contributed by atoms with Crippen molar-refractivity contribution in [1.82, 2.24) is 5.32 Å². The summed E-state index contributed by atoms with van der Waals surface area (Å²) in [7, 11) is 0. The Balaban J connectivity index is 1.78. The molecule has 2 atom stereocenters. The predicted molar refractivity (Wildman–Crippen MR) is 71.3 cm³/mol. The third-order valence-corrected chi connectivity index (χ3v) is 3.57. The van der Waals surface area contributed by atoms with E-state index in [1.807, 2.05) is 0 Å². The number of carbonyl (C=O) groups is 1. The van der Waals surface area contributed by atoms with Crippen molar-refractivity contribution in [3.63, 3.8) is 0 Å². The number of carboxylic acids is 1. The highest BCUT2D eigenvalue weighted by Crippen LogP contribution is 2.20. The molecule has 1 saturated heterocycles. The lowest BCUT2D eigenvalue weighted by Crippen LogP contribution is -2.28. The summed E-state index contributed by atoms with van der Waals surface area (Å²) >= 11 is 3.29. The van der Waals surface area contributed by atoms with Gasteiger partial charge in [0.05, 0.1) is 6.10 Å². The van der Waals surface area contributed by atoms with Gasteiger partial charge in [0, 0.05) is 23.1 Å². The molecule has 0 amide bonds. The van der Waals surface area contributed by atoms with Crippen molar-refractivity contribution in [3.05, 3.63) is 34.1 Å². The molecule has 0 spiro atoms. The highest BCUT2D eigenvalue weighted by atomic mass is 79.9. The average Bonchev–Trinajstić information content (AvgIpc) is 2.82. The zero-order chi connectivity index (χ0) is 13.8. The summed E-state index contributed by atoms with van der Waals surface area (Å²) in [5, 5.41) is 11.9. The van der Waals surface area contributed by atoms with Crippen molar-refractivity contribution in [2.24, 2.45) is 0 Å². The van der Waals surface area contributed by atoms with Gasteiger partial charge in [-0.3, -0.25) is 0 Å². The minimum Gasteiger partial charge on any atom is -0.479 e. The minimum atomic E-state index is -0.916. The summed E-state index contributed by atoms with van der Waals surface area (Å²) in [5.74, 6) is -1.17. The van der Waals surface area contributed by atoms with E-state index in [9.17, 15) is 9.18 Å². The summed E-state index contributed by atoms with van der Waals surface area (Å²) in [6, 6.07) is 4.78. The van der Waals surface area contributed by atoms with E-state index in [4.69, 9.17) is 9.84 Å². The van der Waals surface area contributed by atoms with Gasteiger partial charge >= 0.3 is 5.97 Å². The molecule has 0 aromatic heterocycles. The molecular weight excluding hydrogens is 317 g/mol. The molecule has 1 fully saturated rings. The second kappa shape index (κ2) is 6.45. The first kappa shape index (κ1) is 14.4. The van der Waals surface area contributed by atoms with Crippen LogP contribution >= 0.6 is 15.9 Å². The minimum absolute atomic E-state index is 0.115. The molecule has 2 N–H and O–H groups in total. The van der Waals surface area contributed by atoms with Gasteiger partial charge in [0.15, 0.2) is 6.10 Å². The largest absolute Gasteiger partial charge is 0.479 e. The van der Waals surface area contributed by atoms with E-state index in [0.29, 0.717) is 31.5 Å². The number of hydrogen-bond acceptors (Lipinski definition) is 3. The molecule has 0 bridgehead atoms. The lowest BCUT2D eigenvalue weighted by molar-refractivity contribution is -0.149. The third-order valence-electron chi connectivity index (χ3n) is 3.08. The molecule has 1 aromatic carbocycles. The Hall–Kier alpha value is -0.980. The fraction of sp³-hybridized carbons (Fsp3) is 0.462. The van der Waals surface area contributed by atoms with E-state index in [-0.39, 0.29) is 11.9 Å². The topological polar surface area (TPSA) is 58.6 Å². The zero-order valence-corrected chi connectivity index (χ0v) is 11.8. The van der Waals surface area contributed by atoms with Crippen LogP contribution in [0.15, 0.2) is 22.7 Å². The van der Waals surface area contributed by atoms with Crippen molar-refractivity contribution < 1.29 is 19.0 Å². The first-order chi connectivity index (χ1) is 9.06. The van der Waals surface area contributed by atoms with Crippen LogP contribution in [0, 0.1) is 5.82 Å². The SMILES string of the molecule is O=C(O)C1CCC(CNCc2cc(Br)ccc2F)O1. The van der Waals surface area contributed by atoms with Crippen LogP contribution in [0.2, 0.25) is 0 Å². The quantitative estimate of drug-likeness (QED) is 0.869. The molecule has 1 aliphatic rings. The lowest BCUT2D eigenvalue weighted by atomic mass is 10.2. The molecule has 104 valence electrons. The van der Waals surface area contributed by atoms with E-state index in [1.54, 1.807) is 12.1 Å². The molecule has 1 aliphatic heterocycles.